The van der Waals surface area contributed by atoms with E-state index in [1.54, 1.807) is 24.3 Å². The molecule has 1 heterocycles. The summed E-state index contributed by atoms with van der Waals surface area (Å²) in [4.78, 5) is 28.0. The number of anilines is 1. The van der Waals surface area contributed by atoms with Crippen molar-refractivity contribution in [2.45, 2.75) is 0 Å². The van der Waals surface area contributed by atoms with Crippen molar-refractivity contribution in [1.82, 2.24) is 10.3 Å². The van der Waals surface area contributed by atoms with Crippen LogP contribution in [-0.2, 0) is 0 Å². The summed E-state index contributed by atoms with van der Waals surface area (Å²) in [6, 6.07) is 10.2. The van der Waals surface area contributed by atoms with E-state index >= 15 is 0 Å². The molecule has 2 N–H and O–H groups in total. The Labute approximate surface area is 136 Å². The van der Waals surface area contributed by atoms with E-state index in [-0.39, 0.29) is 17.5 Å². The maximum absolute atomic E-state index is 12.2. The summed E-state index contributed by atoms with van der Waals surface area (Å²) in [5.41, 5.74) is 1.20. The van der Waals surface area contributed by atoms with Crippen LogP contribution in [0.3, 0.4) is 0 Å². The molecule has 5 nitrogen and oxygen atoms in total. The molecule has 0 atom stereocenters. The van der Waals surface area contributed by atoms with Crippen LogP contribution in [0.1, 0.15) is 20.8 Å². The Bertz CT molecular complexity index is 699. The molecule has 0 bridgehead atoms. The van der Waals surface area contributed by atoms with Gasteiger partial charge in [0.05, 0.1) is 0 Å². The predicted octanol–water partition coefficient (Wildman–Crippen LogP) is 3.01. The van der Waals surface area contributed by atoms with Crippen molar-refractivity contribution in [1.29, 1.82) is 0 Å². The molecule has 0 unspecified atom stereocenters. The van der Waals surface area contributed by atoms with Crippen molar-refractivity contribution in [2.75, 3.05) is 11.9 Å². The van der Waals surface area contributed by atoms with Gasteiger partial charge >= 0.3 is 0 Å². The lowest BCUT2D eigenvalue weighted by Gasteiger charge is -2.06. The van der Waals surface area contributed by atoms with Crippen molar-refractivity contribution in [3.05, 3.63) is 71.0 Å². The number of carbonyl (C=O) groups excluding carboxylic acids is 2. The van der Waals surface area contributed by atoms with Crippen LogP contribution in [0.2, 0.25) is 0 Å². The largest absolute Gasteiger partial charge is 0.349 e. The van der Waals surface area contributed by atoms with Gasteiger partial charge in [0.25, 0.3) is 11.8 Å². The second kappa shape index (κ2) is 7.51. The van der Waals surface area contributed by atoms with Gasteiger partial charge in [-0.05, 0) is 36.4 Å². The average molecular weight is 360 g/mol. The molecule has 0 aliphatic heterocycles. The van der Waals surface area contributed by atoms with Gasteiger partial charge in [-0.3, -0.25) is 14.6 Å². The highest BCUT2D eigenvalue weighted by molar-refractivity contribution is 9.10. The molecule has 22 heavy (non-hydrogen) atoms. The predicted molar refractivity (Wildman–Crippen MR) is 88.9 cm³/mol. The number of hydrogen-bond donors (Lipinski definition) is 2. The lowest BCUT2D eigenvalue weighted by molar-refractivity contribution is 0.0958. The monoisotopic (exact) mass is 359 g/mol. The van der Waals surface area contributed by atoms with Gasteiger partial charge in [0, 0.05) is 28.5 Å². The second-order valence-electron chi connectivity index (χ2n) is 4.39. The number of hydrogen-bond acceptors (Lipinski definition) is 3. The van der Waals surface area contributed by atoms with Crippen molar-refractivity contribution in [2.24, 2.45) is 0 Å². The topological polar surface area (TPSA) is 71.1 Å². The molecule has 1 aromatic carbocycles. The third-order valence-corrected chi connectivity index (χ3v) is 3.29. The first-order valence-corrected chi connectivity index (χ1v) is 7.31. The fraction of sp³-hybridized carbons (Fsp3) is 0.0625. The van der Waals surface area contributed by atoms with Crippen LogP contribution in [0.25, 0.3) is 0 Å². The van der Waals surface area contributed by atoms with Crippen LogP contribution in [0.5, 0.6) is 0 Å². The minimum Gasteiger partial charge on any atom is -0.349 e. The van der Waals surface area contributed by atoms with Gasteiger partial charge in [0.1, 0.15) is 5.69 Å². The van der Waals surface area contributed by atoms with Crippen LogP contribution in [-0.4, -0.2) is 23.3 Å². The van der Waals surface area contributed by atoms with Crippen LogP contribution >= 0.6 is 15.9 Å². The maximum atomic E-state index is 12.2. The van der Waals surface area contributed by atoms with Crippen molar-refractivity contribution in [3.63, 3.8) is 0 Å². The van der Waals surface area contributed by atoms with E-state index in [9.17, 15) is 9.59 Å². The number of pyridine rings is 1. The molecular weight excluding hydrogens is 346 g/mol. The first-order chi connectivity index (χ1) is 10.6. The van der Waals surface area contributed by atoms with Crippen LogP contribution in [0.15, 0.2) is 59.7 Å². The molecule has 0 aliphatic rings. The first kappa shape index (κ1) is 15.9. The van der Waals surface area contributed by atoms with Gasteiger partial charge in [-0.25, -0.2) is 0 Å². The number of amides is 2. The third-order valence-electron chi connectivity index (χ3n) is 2.76. The maximum Gasteiger partial charge on any atom is 0.274 e. The average Bonchev–Trinajstić information content (AvgIpc) is 2.54. The smallest absolute Gasteiger partial charge is 0.274 e. The Hall–Kier alpha value is -2.47. The van der Waals surface area contributed by atoms with E-state index in [1.807, 2.05) is 12.1 Å². The Morgan fingerprint density at radius 1 is 1.18 bits per heavy atom. The highest BCUT2D eigenvalue weighted by Crippen LogP contribution is 2.15. The Morgan fingerprint density at radius 2 is 1.91 bits per heavy atom. The summed E-state index contributed by atoms with van der Waals surface area (Å²) in [7, 11) is 0. The molecule has 2 rings (SSSR count). The van der Waals surface area contributed by atoms with E-state index in [2.05, 4.69) is 38.1 Å². The second-order valence-corrected chi connectivity index (χ2v) is 5.31. The zero-order valence-corrected chi connectivity index (χ0v) is 13.3. The fourth-order valence-electron chi connectivity index (χ4n) is 1.69. The Balaban J connectivity index is 2.11. The number of benzene rings is 1. The lowest BCUT2D eigenvalue weighted by Crippen LogP contribution is -2.24. The van der Waals surface area contributed by atoms with Crippen LogP contribution in [0, 0.1) is 0 Å². The van der Waals surface area contributed by atoms with Gasteiger partial charge in [0.2, 0.25) is 0 Å². The molecule has 0 saturated carbocycles. The quantitative estimate of drug-likeness (QED) is 0.806. The van der Waals surface area contributed by atoms with Gasteiger partial charge in [-0.15, -0.1) is 6.58 Å². The van der Waals surface area contributed by atoms with Gasteiger partial charge < -0.3 is 10.6 Å². The van der Waals surface area contributed by atoms with E-state index in [0.29, 0.717) is 17.8 Å². The molecule has 0 fully saturated rings. The summed E-state index contributed by atoms with van der Waals surface area (Å²) in [5, 5.41) is 5.37. The lowest BCUT2D eigenvalue weighted by atomic mass is 10.2. The van der Waals surface area contributed by atoms with Crippen LogP contribution in [0.4, 0.5) is 5.69 Å². The SMILES string of the molecule is C=CCNC(=O)c1ccnc(C(=O)Nc2ccc(Br)cc2)c1. The van der Waals surface area contributed by atoms with Gasteiger partial charge in [-0.1, -0.05) is 22.0 Å². The highest BCUT2D eigenvalue weighted by atomic mass is 79.9. The molecule has 112 valence electrons. The normalized spacial score (nSPS) is 9.86. The van der Waals surface area contributed by atoms with E-state index in [0.717, 1.165) is 4.47 Å². The summed E-state index contributed by atoms with van der Waals surface area (Å²) >= 11 is 3.33. The van der Waals surface area contributed by atoms with E-state index < -0.39 is 0 Å². The summed E-state index contributed by atoms with van der Waals surface area (Å²) in [6.45, 7) is 3.89. The van der Waals surface area contributed by atoms with Gasteiger partial charge in [-0.2, -0.15) is 0 Å². The zero-order chi connectivity index (χ0) is 15.9. The Morgan fingerprint density at radius 3 is 2.59 bits per heavy atom. The van der Waals surface area contributed by atoms with Crippen LogP contribution < -0.4 is 10.6 Å². The third kappa shape index (κ3) is 4.26. The molecule has 0 spiro atoms. The molecular formula is C16H14BrN3O2. The van der Waals surface area contributed by atoms with E-state index in [1.165, 1.54) is 12.3 Å². The number of nitrogens with zero attached hydrogens (tertiary/aromatic N) is 1. The molecule has 6 heteroatoms. The number of rotatable bonds is 5. The zero-order valence-electron chi connectivity index (χ0n) is 11.7. The molecule has 1 aromatic heterocycles. The Kier molecular flexibility index (Phi) is 5.43. The summed E-state index contributed by atoms with van der Waals surface area (Å²) in [5.74, 6) is -0.652. The number of aromatic nitrogens is 1. The minimum absolute atomic E-state index is 0.175. The first-order valence-electron chi connectivity index (χ1n) is 6.52. The van der Waals surface area contributed by atoms with E-state index in [4.69, 9.17) is 0 Å². The highest BCUT2D eigenvalue weighted by Gasteiger charge is 2.11. The number of nitrogens with one attached hydrogen (secondary N) is 2. The molecule has 2 aromatic rings. The van der Waals surface area contributed by atoms with Crippen molar-refractivity contribution >= 4 is 33.4 Å². The number of carbonyl (C=O) groups is 2. The number of halogens is 1. The molecule has 0 aliphatic carbocycles. The van der Waals surface area contributed by atoms with Crippen molar-refractivity contribution in [3.8, 4) is 0 Å². The molecule has 0 saturated heterocycles. The summed E-state index contributed by atoms with van der Waals surface area (Å²) in [6.07, 6.45) is 3.01. The molecule has 0 radical (unpaired) electrons. The standard InChI is InChI=1S/C16H14BrN3O2/c1-2-8-19-15(21)11-7-9-18-14(10-11)16(22)20-13-5-3-12(17)4-6-13/h2-7,9-10H,1,8H2,(H,19,21)(H,20,22). The summed E-state index contributed by atoms with van der Waals surface area (Å²) < 4.78 is 0.921. The van der Waals surface area contributed by atoms with Crippen molar-refractivity contribution < 1.29 is 9.59 Å². The van der Waals surface area contributed by atoms with Gasteiger partial charge in [0.15, 0.2) is 0 Å². The molecule has 2 amide bonds. The fourth-order valence-corrected chi connectivity index (χ4v) is 1.96. The minimum atomic E-state index is -0.374.